The second-order valence-electron chi connectivity index (χ2n) is 8.27. The highest BCUT2D eigenvalue weighted by Crippen LogP contribution is 2.31. The quantitative estimate of drug-likeness (QED) is 0.491. The third kappa shape index (κ3) is 6.19. The molecule has 0 radical (unpaired) electrons. The van der Waals surface area contributed by atoms with E-state index in [0.29, 0.717) is 40.9 Å². The van der Waals surface area contributed by atoms with E-state index in [1.165, 1.54) is 7.11 Å². The highest BCUT2D eigenvalue weighted by Gasteiger charge is 2.30. The minimum Gasteiger partial charge on any atom is -0.493 e. The largest absolute Gasteiger partial charge is 0.493 e. The third-order valence-electron chi connectivity index (χ3n) is 5.79. The fraction of sp³-hybridized carbons (Fsp3) is 0.375. The summed E-state index contributed by atoms with van der Waals surface area (Å²) in [4.78, 5) is 3.97. The van der Waals surface area contributed by atoms with Crippen LogP contribution >= 0.6 is 0 Å². The summed E-state index contributed by atoms with van der Waals surface area (Å²) in [6.45, 7) is -0.979. The first-order chi connectivity index (χ1) is 16.6. The van der Waals surface area contributed by atoms with Gasteiger partial charge in [-0.05, 0) is 43.0 Å². The Morgan fingerprint density at radius 2 is 1.97 bits per heavy atom. The Bertz CT molecular complexity index is 1360. The van der Waals surface area contributed by atoms with Crippen molar-refractivity contribution in [2.75, 3.05) is 35.8 Å². The number of nitrogens with one attached hydrogen (secondary N) is 2. The number of methoxy groups -OCH3 is 1. The van der Waals surface area contributed by atoms with E-state index in [2.05, 4.69) is 27.5 Å². The van der Waals surface area contributed by atoms with Gasteiger partial charge in [0.15, 0.2) is 5.75 Å². The SMILES string of the molecule is COc1cnccc1NCC#Cc1cc2c(NC3CCS(=O)(=O)CC3)cccc2n1CC(F)(F)F. The first-order valence-corrected chi connectivity index (χ1v) is 12.8. The number of hydrogen-bond acceptors (Lipinski definition) is 6. The van der Waals surface area contributed by atoms with Crippen LogP contribution in [0.2, 0.25) is 0 Å². The number of sulfone groups is 1. The number of rotatable bonds is 6. The molecule has 3 aromatic rings. The van der Waals surface area contributed by atoms with Gasteiger partial charge in [-0.2, -0.15) is 13.2 Å². The number of aromatic nitrogens is 2. The second-order valence-corrected chi connectivity index (χ2v) is 10.6. The molecule has 11 heteroatoms. The molecule has 2 aromatic heterocycles. The standard InChI is InChI=1S/C24H25F3N4O3S/c1-34-23-15-28-11-7-21(23)29-10-3-4-18-14-19-20(30-17-8-12-35(32,33)13-9-17)5-2-6-22(19)31(18)16-24(25,26)27/h2,5-7,11,14-15,17,30H,8-10,12-13,16H2,1H3,(H,28,29). The van der Waals surface area contributed by atoms with E-state index < -0.39 is 22.6 Å². The maximum atomic E-state index is 13.4. The van der Waals surface area contributed by atoms with Crippen LogP contribution in [0.3, 0.4) is 0 Å². The number of fused-ring (bicyclic) bond motifs is 1. The van der Waals surface area contributed by atoms with E-state index in [1.54, 1.807) is 42.7 Å². The van der Waals surface area contributed by atoms with Crippen molar-refractivity contribution in [3.63, 3.8) is 0 Å². The van der Waals surface area contributed by atoms with Crippen LogP contribution in [0.5, 0.6) is 5.75 Å². The predicted octanol–water partition coefficient (Wildman–Crippen LogP) is 4.06. The minimum atomic E-state index is -4.42. The lowest BCUT2D eigenvalue weighted by molar-refractivity contribution is -0.140. The van der Waals surface area contributed by atoms with Crippen LogP contribution in [0.4, 0.5) is 24.5 Å². The molecule has 35 heavy (non-hydrogen) atoms. The average molecular weight is 507 g/mol. The molecule has 3 heterocycles. The summed E-state index contributed by atoms with van der Waals surface area (Å²) < 4.78 is 70.0. The molecule has 1 fully saturated rings. The van der Waals surface area contributed by atoms with Gasteiger partial charge in [-0.3, -0.25) is 4.98 Å². The third-order valence-corrected chi connectivity index (χ3v) is 7.50. The van der Waals surface area contributed by atoms with Gasteiger partial charge in [-0.25, -0.2) is 8.42 Å². The topological polar surface area (TPSA) is 85.2 Å². The van der Waals surface area contributed by atoms with Crippen molar-refractivity contribution in [2.24, 2.45) is 0 Å². The maximum absolute atomic E-state index is 13.4. The summed E-state index contributed by atoms with van der Waals surface area (Å²) in [5.74, 6) is 6.48. The van der Waals surface area contributed by atoms with Gasteiger partial charge in [0.05, 0.1) is 48.3 Å². The Balaban J connectivity index is 1.61. The number of benzene rings is 1. The molecular formula is C24H25F3N4O3S. The molecular weight excluding hydrogens is 481 g/mol. The van der Waals surface area contributed by atoms with Crippen LogP contribution in [0, 0.1) is 11.8 Å². The van der Waals surface area contributed by atoms with Crippen molar-refractivity contribution in [3.8, 4) is 17.6 Å². The van der Waals surface area contributed by atoms with Crippen molar-refractivity contribution in [2.45, 2.75) is 31.6 Å². The van der Waals surface area contributed by atoms with Gasteiger partial charge in [-0.15, -0.1) is 0 Å². The number of ether oxygens (including phenoxy) is 1. The summed E-state index contributed by atoms with van der Waals surface area (Å²) in [5.41, 5.74) is 1.98. The van der Waals surface area contributed by atoms with Gasteiger partial charge < -0.3 is 19.9 Å². The zero-order valence-corrected chi connectivity index (χ0v) is 19.8. The normalized spacial score (nSPS) is 15.9. The Morgan fingerprint density at radius 1 is 1.20 bits per heavy atom. The lowest BCUT2D eigenvalue weighted by Gasteiger charge is -2.24. The van der Waals surface area contributed by atoms with E-state index in [0.717, 1.165) is 4.57 Å². The average Bonchev–Trinajstić information content (AvgIpc) is 3.15. The van der Waals surface area contributed by atoms with Crippen molar-refractivity contribution < 1.29 is 26.3 Å². The van der Waals surface area contributed by atoms with E-state index in [9.17, 15) is 21.6 Å². The van der Waals surface area contributed by atoms with Crippen molar-refractivity contribution in [1.29, 1.82) is 0 Å². The first kappa shape index (κ1) is 24.7. The zero-order chi connectivity index (χ0) is 25.1. The summed E-state index contributed by atoms with van der Waals surface area (Å²) in [5, 5.41) is 7.01. The molecule has 0 unspecified atom stereocenters. The molecule has 0 aliphatic carbocycles. The van der Waals surface area contributed by atoms with Crippen LogP contribution in [0.25, 0.3) is 10.9 Å². The Labute approximate surface area is 201 Å². The Hall–Kier alpha value is -3.39. The van der Waals surface area contributed by atoms with Gasteiger partial charge >= 0.3 is 6.18 Å². The number of anilines is 2. The van der Waals surface area contributed by atoms with Crippen LogP contribution in [0.15, 0.2) is 42.7 Å². The summed E-state index contributed by atoms with van der Waals surface area (Å²) in [6, 6.07) is 8.40. The number of pyridine rings is 1. The highest BCUT2D eigenvalue weighted by molar-refractivity contribution is 7.91. The molecule has 1 aliphatic rings. The van der Waals surface area contributed by atoms with Crippen molar-refractivity contribution in [1.82, 2.24) is 9.55 Å². The number of hydrogen-bond donors (Lipinski definition) is 2. The molecule has 4 rings (SSSR count). The highest BCUT2D eigenvalue weighted by atomic mass is 32.2. The van der Waals surface area contributed by atoms with Gasteiger partial charge in [0, 0.05) is 23.3 Å². The van der Waals surface area contributed by atoms with Crippen molar-refractivity contribution in [3.05, 3.63) is 48.4 Å². The number of alkyl halides is 3. The number of nitrogens with zero attached hydrogens (tertiary/aromatic N) is 2. The first-order valence-electron chi connectivity index (χ1n) is 11.0. The Morgan fingerprint density at radius 3 is 2.69 bits per heavy atom. The second kappa shape index (κ2) is 10.1. The summed E-state index contributed by atoms with van der Waals surface area (Å²) in [6.07, 6.45) is -0.368. The molecule has 186 valence electrons. The van der Waals surface area contributed by atoms with Gasteiger partial charge in [0.2, 0.25) is 0 Å². The van der Waals surface area contributed by atoms with Gasteiger partial charge in [0.1, 0.15) is 16.4 Å². The molecule has 7 nitrogen and oxygen atoms in total. The lowest BCUT2D eigenvalue weighted by Crippen LogP contribution is -2.32. The molecule has 0 saturated carbocycles. The van der Waals surface area contributed by atoms with E-state index in [4.69, 9.17) is 4.74 Å². The van der Waals surface area contributed by atoms with Crippen LogP contribution in [-0.2, 0) is 16.4 Å². The van der Waals surface area contributed by atoms with Gasteiger partial charge in [-0.1, -0.05) is 12.0 Å². The molecule has 0 bridgehead atoms. The summed E-state index contributed by atoms with van der Waals surface area (Å²) in [7, 11) is -1.50. The molecule has 1 saturated heterocycles. The van der Waals surface area contributed by atoms with E-state index in [-0.39, 0.29) is 29.8 Å². The van der Waals surface area contributed by atoms with E-state index in [1.807, 2.05) is 0 Å². The van der Waals surface area contributed by atoms with Crippen LogP contribution < -0.4 is 15.4 Å². The minimum absolute atomic E-state index is 0.0656. The Kier molecular flexibility index (Phi) is 7.12. The fourth-order valence-electron chi connectivity index (χ4n) is 4.08. The van der Waals surface area contributed by atoms with E-state index >= 15 is 0 Å². The molecule has 0 atom stereocenters. The number of halogens is 3. The molecule has 2 N–H and O–H groups in total. The monoisotopic (exact) mass is 506 g/mol. The molecule has 1 aromatic carbocycles. The molecule has 0 amide bonds. The lowest BCUT2D eigenvalue weighted by atomic mass is 10.1. The maximum Gasteiger partial charge on any atom is 0.406 e. The molecule has 0 spiro atoms. The predicted molar refractivity (Wildman–Crippen MR) is 129 cm³/mol. The van der Waals surface area contributed by atoms with Crippen LogP contribution in [0.1, 0.15) is 18.5 Å². The van der Waals surface area contributed by atoms with Crippen LogP contribution in [-0.4, -0.2) is 55.3 Å². The summed E-state index contributed by atoms with van der Waals surface area (Å²) >= 11 is 0. The zero-order valence-electron chi connectivity index (χ0n) is 19.0. The van der Waals surface area contributed by atoms with Gasteiger partial charge in [0.25, 0.3) is 0 Å². The fourth-order valence-corrected chi connectivity index (χ4v) is 5.57. The smallest absolute Gasteiger partial charge is 0.406 e. The van der Waals surface area contributed by atoms with Crippen molar-refractivity contribution >= 4 is 32.1 Å². The molecule has 1 aliphatic heterocycles.